The summed E-state index contributed by atoms with van der Waals surface area (Å²) in [6.45, 7) is 7.82. The highest BCUT2D eigenvalue weighted by Gasteiger charge is 2.47. The molecule has 0 heterocycles. The fourth-order valence-corrected chi connectivity index (χ4v) is 4.78. The van der Waals surface area contributed by atoms with Gasteiger partial charge in [-0.15, -0.1) is 0 Å². The predicted octanol–water partition coefficient (Wildman–Crippen LogP) is 4.34. The molecule has 2 saturated carbocycles. The van der Waals surface area contributed by atoms with E-state index < -0.39 is 11.9 Å². The van der Waals surface area contributed by atoms with E-state index in [1.54, 1.807) is 0 Å². The molecule has 0 bridgehead atoms. The maximum absolute atomic E-state index is 12.9. The van der Waals surface area contributed by atoms with Crippen molar-refractivity contribution in [3.8, 4) is 0 Å². The summed E-state index contributed by atoms with van der Waals surface area (Å²) in [4.78, 5) is 34.5. The number of carbonyl (C=O) groups excluding carboxylic acids is 1. The van der Waals surface area contributed by atoms with Crippen molar-refractivity contribution in [1.82, 2.24) is 4.90 Å². The second kappa shape index (κ2) is 14.4. The van der Waals surface area contributed by atoms with Gasteiger partial charge in [-0.25, -0.2) is 0 Å². The second-order valence-electron chi connectivity index (χ2n) is 8.50. The van der Waals surface area contributed by atoms with Crippen molar-refractivity contribution < 1.29 is 29.3 Å². The highest BCUT2D eigenvalue weighted by atomic mass is 16.5. The van der Waals surface area contributed by atoms with Gasteiger partial charge < -0.3 is 19.8 Å². The maximum atomic E-state index is 12.9. The van der Waals surface area contributed by atoms with Crippen LogP contribution in [0.15, 0.2) is 0 Å². The Labute approximate surface area is 181 Å². The fraction of sp³-hybridized carbons (Fsp3) is 0.870. The summed E-state index contributed by atoms with van der Waals surface area (Å²) in [6.07, 6.45) is 11.7. The number of carbonyl (C=O) groups is 3. The van der Waals surface area contributed by atoms with Gasteiger partial charge >= 0.3 is 17.9 Å². The van der Waals surface area contributed by atoms with Crippen LogP contribution in [0.4, 0.5) is 0 Å². The summed E-state index contributed by atoms with van der Waals surface area (Å²) in [5, 5.41) is 15.8. The van der Waals surface area contributed by atoms with Crippen LogP contribution in [0.2, 0.25) is 0 Å². The van der Waals surface area contributed by atoms with E-state index in [1.165, 1.54) is 51.4 Å². The minimum Gasteiger partial charge on any atom is -0.481 e. The molecule has 2 N–H and O–H groups in total. The molecule has 0 radical (unpaired) electrons. The molecule has 30 heavy (non-hydrogen) atoms. The number of likely N-dealkylation sites (N-methyl/N-ethyl adjacent to an activating group) is 1. The SMILES string of the molecule is CCN(CC)CCOC(=O)C1(C2CCCCC2)CCCCC1.O=C(O)CCC(=O)O. The highest BCUT2D eigenvalue weighted by molar-refractivity contribution is 5.77. The van der Waals surface area contributed by atoms with Crippen molar-refractivity contribution in [3.63, 3.8) is 0 Å². The first kappa shape index (κ1) is 26.4. The fourth-order valence-electron chi connectivity index (χ4n) is 4.78. The lowest BCUT2D eigenvalue weighted by Gasteiger charge is -2.43. The quantitative estimate of drug-likeness (QED) is 0.500. The summed E-state index contributed by atoms with van der Waals surface area (Å²) in [7, 11) is 0. The van der Waals surface area contributed by atoms with E-state index in [-0.39, 0.29) is 24.2 Å². The molecule has 2 aliphatic carbocycles. The monoisotopic (exact) mass is 427 g/mol. The topological polar surface area (TPSA) is 104 Å². The maximum Gasteiger partial charge on any atom is 0.312 e. The van der Waals surface area contributed by atoms with Crippen LogP contribution in [0.1, 0.15) is 90.9 Å². The third-order valence-electron chi connectivity index (χ3n) is 6.63. The van der Waals surface area contributed by atoms with Gasteiger partial charge in [0.1, 0.15) is 6.61 Å². The van der Waals surface area contributed by atoms with Gasteiger partial charge in [-0.3, -0.25) is 14.4 Å². The first-order chi connectivity index (χ1) is 14.4. The van der Waals surface area contributed by atoms with Gasteiger partial charge in [-0.2, -0.15) is 0 Å². The standard InChI is InChI=1S/C19H35NO2.C4H6O4/c1-3-20(4-2)15-16-22-18(21)19(13-9-6-10-14-19)17-11-7-5-8-12-17;5-3(6)1-2-4(7)8/h17H,3-16H2,1-2H3;1-2H2,(H,5,6)(H,7,8). The van der Waals surface area contributed by atoms with E-state index >= 15 is 0 Å². The summed E-state index contributed by atoms with van der Waals surface area (Å²) in [5.74, 6) is -1.44. The first-order valence-corrected chi connectivity index (χ1v) is 11.7. The zero-order valence-corrected chi connectivity index (χ0v) is 18.9. The molecule has 0 aromatic heterocycles. The lowest BCUT2D eigenvalue weighted by molar-refractivity contribution is -0.164. The second-order valence-corrected chi connectivity index (χ2v) is 8.50. The first-order valence-electron chi connectivity index (χ1n) is 11.7. The zero-order valence-electron chi connectivity index (χ0n) is 18.9. The Balaban J connectivity index is 0.000000479. The molecule has 2 aliphatic rings. The van der Waals surface area contributed by atoms with Gasteiger partial charge in [0.05, 0.1) is 18.3 Å². The average molecular weight is 428 g/mol. The smallest absolute Gasteiger partial charge is 0.312 e. The molecule has 0 unspecified atom stereocenters. The number of rotatable bonds is 10. The third kappa shape index (κ3) is 9.02. The van der Waals surface area contributed by atoms with Crippen LogP contribution < -0.4 is 0 Å². The average Bonchev–Trinajstić information content (AvgIpc) is 2.76. The Morgan fingerprint density at radius 2 is 1.37 bits per heavy atom. The largest absolute Gasteiger partial charge is 0.481 e. The van der Waals surface area contributed by atoms with Gasteiger partial charge in [0.2, 0.25) is 0 Å². The number of nitrogens with zero attached hydrogens (tertiary/aromatic N) is 1. The molecule has 0 atom stereocenters. The van der Waals surface area contributed by atoms with E-state index in [0.29, 0.717) is 12.5 Å². The van der Waals surface area contributed by atoms with Crippen molar-refractivity contribution in [2.45, 2.75) is 90.9 Å². The predicted molar refractivity (Wildman–Crippen MR) is 115 cm³/mol. The van der Waals surface area contributed by atoms with Crippen LogP contribution in [0.3, 0.4) is 0 Å². The lowest BCUT2D eigenvalue weighted by atomic mass is 9.62. The normalized spacial score (nSPS) is 18.9. The van der Waals surface area contributed by atoms with Gasteiger partial charge in [-0.1, -0.05) is 52.4 Å². The Morgan fingerprint density at radius 1 is 0.867 bits per heavy atom. The van der Waals surface area contributed by atoms with Crippen molar-refractivity contribution in [1.29, 1.82) is 0 Å². The molecule has 0 aromatic carbocycles. The van der Waals surface area contributed by atoms with Crippen LogP contribution in [-0.2, 0) is 19.1 Å². The zero-order chi connectivity index (χ0) is 22.4. The minimum absolute atomic E-state index is 0.131. The molecule has 2 rings (SSSR count). The Hall–Kier alpha value is -1.63. The minimum atomic E-state index is -1.08. The van der Waals surface area contributed by atoms with Gasteiger partial charge in [0, 0.05) is 6.54 Å². The molecule has 174 valence electrons. The Morgan fingerprint density at radius 3 is 1.83 bits per heavy atom. The lowest BCUT2D eigenvalue weighted by Crippen LogP contribution is -2.43. The van der Waals surface area contributed by atoms with Gasteiger partial charge in [0.25, 0.3) is 0 Å². The molecule has 0 spiro atoms. The van der Waals surface area contributed by atoms with Crippen LogP contribution in [0, 0.1) is 11.3 Å². The van der Waals surface area contributed by atoms with Crippen LogP contribution in [-0.4, -0.2) is 59.3 Å². The highest BCUT2D eigenvalue weighted by Crippen LogP contribution is 2.49. The van der Waals surface area contributed by atoms with Crippen molar-refractivity contribution in [2.24, 2.45) is 11.3 Å². The molecule has 0 aliphatic heterocycles. The van der Waals surface area contributed by atoms with Gasteiger partial charge in [-0.05, 0) is 44.7 Å². The van der Waals surface area contributed by atoms with E-state index in [4.69, 9.17) is 14.9 Å². The molecule has 0 amide bonds. The third-order valence-corrected chi connectivity index (χ3v) is 6.63. The number of carboxylic acid groups (broad SMARTS) is 2. The summed E-state index contributed by atoms with van der Waals surface area (Å²) < 4.78 is 5.79. The number of carboxylic acids is 2. The Bertz CT molecular complexity index is 506. The molecule has 7 heteroatoms. The van der Waals surface area contributed by atoms with E-state index in [1.807, 2.05) is 0 Å². The summed E-state index contributed by atoms with van der Waals surface area (Å²) >= 11 is 0. The number of esters is 1. The summed E-state index contributed by atoms with van der Waals surface area (Å²) in [5.41, 5.74) is -0.137. The van der Waals surface area contributed by atoms with Crippen molar-refractivity contribution >= 4 is 17.9 Å². The molecular formula is C23H41NO6. The summed E-state index contributed by atoms with van der Waals surface area (Å²) in [6, 6.07) is 0. The molecular weight excluding hydrogens is 386 g/mol. The number of aliphatic carboxylic acids is 2. The van der Waals surface area contributed by atoms with Crippen LogP contribution in [0.25, 0.3) is 0 Å². The van der Waals surface area contributed by atoms with E-state index in [0.717, 1.165) is 32.5 Å². The van der Waals surface area contributed by atoms with Gasteiger partial charge in [0.15, 0.2) is 0 Å². The van der Waals surface area contributed by atoms with Crippen molar-refractivity contribution in [3.05, 3.63) is 0 Å². The Kier molecular flexibility index (Phi) is 12.7. The number of hydrogen-bond acceptors (Lipinski definition) is 5. The van der Waals surface area contributed by atoms with Crippen LogP contribution >= 0.6 is 0 Å². The number of hydrogen-bond donors (Lipinski definition) is 2. The molecule has 2 fully saturated rings. The molecule has 0 aromatic rings. The molecule has 7 nitrogen and oxygen atoms in total. The van der Waals surface area contributed by atoms with Crippen LogP contribution in [0.5, 0.6) is 0 Å². The van der Waals surface area contributed by atoms with E-state index in [9.17, 15) is 14.4 Å². The number of ether oxygens (including phenoxy) is 1. The van der Waals surface area contributed by atoms with Crippen molar-refractivity contribution in [2.75, 3.05) is 26.2 Å². The molecule has 0 saturated heterocycles. The van der Waals surface area contributed by atoms with E-state index in [2.05, 4.69) is 18.7 Å².